The van der Waals surface area contributed by atoms with Gasteiger partial charge in [-0.05, 0) is 98.2 Å². The Morgan fingerprint density at radius 2 is 1.88 bits per heavy atom. The summed E-state index contributed by atoms with van der Waals surface area (Å²) >= 11 is 5.87. The number of amides is 1. The number of rotatable bonds is 4. The third-order valence-corrected chi connectivity index (χ3v) is 7.72. The van der Waals surface area contributed by atoms with Gasteiger partial charge in [0, 0.05) is 17.8 Å². The molecule has 0 radical (unpaired) electrons. The number of nitrogens with zero attached hydrogens (tertiary/aromatic N) is 2. The molecule has 0 aliphatic heterocycles. The Kier molecular flexibility index (Phi) is 5.38. The molecule has 166 valence electrons. The van der Waals surface area contributed by atoms with Crippen molar-refractivity contribution in [1.82, 2.24) is 9.97 Å². The Labute approximate surface area is 191 Å². The summed E-state index contributed by atoms with van der Waals surface area (Å²) in [5, 5.41) is 4.26. The second kappa shape index (κ2) is 8.09. The van der Waals surface area contributed by atoms with E-state index in [4.69, 9.17) is 17.3 Å². The number of carbonyl (C=O) groups is 1. The van der Waals surface area contributed by atoms with Crippen LogP contribution < -0.4 is 11.1 Å². The molecule has 5 atom stereocenters. The second-order valence-electron chi connectivity index (χ2n) is 9.52. The van der Waals surface area contributed by atoms with E-state index in [1.165, 1.54) is 17.8 Å². The lowest BCUT2D eigenvalue weighted by molar-refractivity contribution is -0.122. The number of halogens is 2. The van der Waals surface area contributed by atoms with Gasteiger partial charge in [0.1, 0.15) is 11.6 Å². The van der Waals surface area contributed by atoms with E-state index in [0.29, 0.717) is 28.6 Å². The summed E-state index contributed by atoms with van der Waals surface area (Å²) in [6.07, 6.45) is 7.23. The lowest BCUT2D eigenvalue weighted by atomic mass is 9.81. The van der Waals surface area contributed by atoms with Crippen molar-refractivity contribution in [2.75, 3.05) is 5.32 Å². The molecule has 5 nitrogen and oxygen atoms in total. The molecule has 1 amide bonds. The highest BCUT2D eigenvalue weighted by atomic mass is 35.5. The topological polar surface area (TPSA) is 80.9 Å². The molecule has 1 unspecified atom stereocenters. The second-order valence-corrected chi connectivity index (χ2v) is 9.95. The highest BCUT2D eigenvalue weighted by Crippen LogP contribution is 2.55. The minimum atomic E-state index is -0.979. The molecule has 0 bridgehead atoms. The summed E-state index contributed by atoms with van der Waals surface area (Å²) in [5.41, 5.74) is 7.61. The normalized spacial score (nSPS) is 26.6. The summed E-state index contributed by atoms with van der Waals surface area (Å²) < 4.78 is 13.9. The van der Waals surface area contributed by atoms with Gasteiger partial charge in [0.05, 0.1) is 16.1 Å². The Morgan fingerprint density at radius 3 is 2.56 bits per heavy atom. The van der Waals surface area contributed by atoms with Crippen molar-refractivity contribution in [3.8, 4) is 0 Å². The molecule has 2 aromatic heterocycles. The molecule has 5 rings (SSSR count). The van der Waals surface area contributed by atoms with Crippen LogP contribution in [0.2, 0.25) is 5.02 Å². The third kappa shape index (κ3) is 3.86. The number of hydrogen-bond acceptors (Lipinski definition) is 4. The van der Waals surface area contributed by atoms with Gasteiger partial charge in [0.15, 0.2) is 0 Å². The number of hydrogen-bond donors (Lipinski definition) is 2. The van der Waals surface area contributed by atoms with Gasteiger partial charge in [-0.25, -0.2) is 9.37 Å². The lowest BCUT2D eigenvalue weighted by Crippen LogP contribution is -2.53. The number of carbonyl (C=O) groups excluding carboxylic acids is 1. The van der Waals surface area contributed by atoms with Gasteiger partial charge < -0.3 is 11.1 Å². The minimum Gasteiger partial charge on any atom is -0.317 e. The number of nitrogens with two attached hydrogens (primary N) is 1. The number of fused-ring (bicyclic) bond motifs is 2. The average molecular weight is 453 g/mol. The molecule has 3 aromatic rings. The fourth-order valence-corrected chi connectivity index (χ4v) is 5.85. The number of pyridine rings is 2. The molecule has 2 saturated carbocycles. The Bertz CT molecular complexity index is 1150. The first-order valence-corrected chi connectivity index (χ1v) is 11.4. The molecule has 2 heterocycles. The van der Waals surface area contributed by atoms with E-state index < -0.39 is 5.54 Å². The zero-order valence-corrected chi connectivity index (χ0v) is 18.6. The first-order chi connectivity index (χ1) is 15.3. The predicted octanol–water partition coefficient (Wildman–Crippen LogP) is 5.30. The van der Waals surface area contributed by atoms with Crippen LogP contribution in [0.4, 0.5) is 10.2 Å². The minimum absolute atomic E-state index is 0.109. The van der Waals surface area contributed by atoms with Crippen LogP contribution in [0.3, 0.4) is 0 Å². The van der Waals surface area contributed by atoms with Crippen molar-refractivity contribution in [1.29, 1.82) is 0 Å². The van der Waals surface area contributed by atoms with Gasteiger partial charge in [-0.1, -0.05) is 11.6 Å². The van der Waals surface area contributed by atoms with E-state index in [9.17, 15) is 9.18 Å². The molecule has 0 spiro atoms. The molecule has 32 heavy (non-hydrogen) atoms. The summed E-state index contributed by atoms with van der Waals surface area (Å²) in [4.78, 5) is 21.5. The highest BCUT2D eigenvalue weighted by molar-refractivity contribution is 6.30. The first kappa shape index (κ1) is 21.3. The van der Waals surface area contributed by atoms with Crippen LogP contribution in [0, 0.1) is 23.6 Å². The van der Waals surface area contributed by atoms with Crippen LogP contribution >= 0.6 is 11.6 Å². The van der Waals surface area contributed by atoms with Gasteiger partial charge in [-0.2, -0.15) is 0 Å². The van der Waals surface area contributed by atoms with Crippen molar-refractivity contribution >= 4 is 34.2 Å². The number of anilines is 1. The van der Waals surface area contributed by atoms with E-state index in [2.05, 4.69) is 15.3 Å². The molecule has 0 saturated heterocycles. The Hall–Kier alpha value is -2.57. The molecule has 7 heteroatoms. The van der Waals surface area contributed by atoms with Gasteiger partial charge in [-0.3, -0.25) is 9.78 Å². The molecule has 2 aliphatic rings. The van der Waals surface area contributed by atoms with Gasteiger partial charge >= 0.3 is 0 Å². The smallest absolute Gasteiger partial charge is 0.245 e. The largest absolute Gasteiger partial charge is 0.317 e. The van der Waals surface area contributed by atoms with Crippen molar-refractivity contribution in [3.05, 3.63) is 65.2 Å². The fraction of sp³-hybridized carbons (Fsp3) is 0.400. The van der Waals surface area contributed by atoms with Crippen molar-refractivity contribution in [3.63, 3.8) is 0 Å². The lowest BCUT2D eigenvalue weighted by Gasteiger charge is -2.31. The maximum atomic E-state index is 13.9. The third-order valence-electron chi connectivity index (χ3n) is 7.50. The summed E-state index contributed by atoms with van der Waals surface area (Å²) in [6, 6.07) is 10.2. The van der Waals surface area contributed by atoms with Crippen molar-refractivity contribution < 1.29 is 9.18 Å². The van der Waals surface area contributed by atoms with Gasteiger partial charge in [0.2, 0.25) is 5.91 Å². The number of nitrogens with one attached hydrogen (secondary N) is 1. The average Bonchev–Trinajstić information content (AvgIpc) is 3.34. The summed E-state index contributed by atoms with van der Waals surface area (Å²) in [7, 11) is 0. The molecule has 1 aromatic carbocycles. The van der Waals surface area contributed by atoms with E-state index in [-0.39, 0.29) is 17.6 Å². The monoisotopic (exact) mass is 452 g/mol. The molecule has 2 aliphatic carbocycles. The first-order valence-electron chi connectivity index (χ1n) is 11.1. The van der Waals surface area contributed by atoms with E-state index in [1.807, 2.05) is 19.2 Å². The predicted molar refractivity (Wildman–Crippen MR) is 124 cm³/mol. The SMILES string of the molecule is CC(N)(C(=O)Nc1ccc(Cl)cn1)[C@H]1C[C@H]2C[C@@H](c3ccnc4ccc(F)cc34)C[C@H]2C1. The molecule has 2 fully saturated rings. The maximum Gasteiger partial charge on any atom is 0.245 e. The highest BCUT2D eigenvalue weighted by Gasteiger charge is 2.49. The van der Waals surface area contributed by atoms with Gasteiger partial charge in [-0.15, -0.1) is 0 Å². The van der Waals surface area contributed by atoms with Crippen LogP contribution in [0.5, 0.6) is 0 Å². The van der Waals surface area contributed by atoms with Crippen LogP contribution in [0.15, 0.2) is 48.8 Å². The van der Waals surface area contributed by atoms with Crippen LogP contribution in [-0.2, 0) is 4.79 Å². The Morgan fingerprint density at radius 1 is 1.12 bits per heavy atom. The Balaban J connectivity index is 1.28. The molecule has 3 N–H and O–H groups in total. The van der Waals surface area contributed by atoms with Crippen LogP contribution in [0.25, 0.3) is 10.9 Å². The fourth-order valence-electron chi connectivity index (χ4n) is 5.74. The zero-order chi connectivity index (χ0) is 22.5. The van der Waals surface area contributed by atoms with E-state index >= 15 is 0 Å². The maximum absolute atomic E-state index is 13.9. The van der Waals surface area contributed by atoms with E-state index in [1.54, 1.807) is 24.3 Å². The van der Waals surface area contributed by atoms with Crippen LogP contribution in [0.1, 0.15) is 44.1 Å². The van der Waals surface area contributed by atoms with Crippen LogP contribution in [-0.4, -0.2) is 21.4 Å². The molecular weight excluding hydrogens is 427 g/mol. The summed E-state index contributed by atoms with van der Waals surface area (Å²) in [6.45, 7) is 1.82. The van der Waals surface area contributed by atoms with Gasteiger partial charge in [0.25, 0.3) is 0 Å². The standard InChI is InChI=1S/C25H26ClFN4O/c1-25(28,24(32)31-23-5-2-18(26)13-30-23)17-10-14-8-16(9-15(14)11-17)20-6-7-29-22-4-3-19(27)12-21(20)22/h2-7,12-17H,8-11,28H2,1H3,(H,30,31,32)/t14-,15+,16-,17+,25?. The summed E-state index contributed by atoms with van der Waals surface area (Å²) in [5.74, 6) is 1.53. The van der Waals surface area contributed by atoms with Crippen molar-refractivity contribution in [2.45, 2.75) is 44.1 Å². The zero-order valence-electron chi connectivity index (χ0n) is 17.9. The molecular formula is C25H26ClFN4O. The number of aromatic nitrogens is 2. The number of benzene rings is 1. The van der Waals surface area contributed by atoms with E-state index in [0.717, 1.165) is 36.6 Å². The van der Waals surface area contributed by atoms with Crippen molar-refractivity contribution in [2.24, 2.45) is 23.5 Å². The quantitative estimate of drug-likeness (QED) is 0.563.